The van der Waals surface area contributed by atoms with Crippen molar-refractivity contribution in [2.24, 2.45) is 0 Å². The Kier molecular flexibility index (Phi) is 1.77. The Bertz CT molecular complexity index is 514. The van der Waals surface area contributed by atoms with Gasteiger partial charge >= 0.3 is 5.76 Å². The lowest BCUT2D eigenvalue weighted by Gasteiger charge is -2.18. The van der Waals surface area contributed by atoms with Crippen LogP contribution in [-0.2, 0) is 5.41 Å². The van der Waals surface area contributed by atoms with E-state index in [1.165, 1.54) is 5.56 Å². The van der Waals surface area contributed by atoms with Crippen LogP contribution in [0.2, 0.25) is 0 Å². The molecule has 0 amide bonds. The number of benzene rings is 1. The number of hydrogen-bond acceptors (Lipinski definition) is 2. The second kappa shape index (κ2) is 2.74. The molecule has 0 bridgehead atoms. The first kappa shape index (κ1) is 9.06. The number of fused-ring (bicyclic) bond motifs is 1. The molecule has 2 aromatic rings. The predicted octanol–water partition coefficient (Wildman–Crippen LogP) is 2.42. The summed E-state index contributed by atoms with van der Waals surface area (Å²) in [7, 11) is 0. The summed E-state index contributed by atoms with van der Waals surface area (Å²) in [4.78, 5) is 13.6. The summed E-state index contributed by atoms with van der Waals surface area (Å²) in [5.41, 5.74) is 2.65. The summed E-state index contributed by atoms with van der Waals surface area (Å²) in [6.45, 7) is 6.39. The van der Waals surface area contributed by atoms with Crippen LogP contribution in [0.5, 0.6) is 0 Å². The molecule has 0 fully saturated rings. The van der Waals surface area contributed by atoms with Gasteiger partial charge in [0.1, 0.15) is 0 Å². The van der Waals surface area contributed by atoms with E-state index in [1.54, 1.807) is 0 Å². The zero-order valence-corrected chi connectivity index (χ0v) is 8.55. The highest BCUT2D eigenvalue weighted by molar-refractivity contribution is 5.73. The molecule has 3 nitrogen and oxygen atoms in total. The smallest absolute Gasteiger partial charge is 0.408 e. The highest BCUT2D eigenvalue weighted by Crippen LogP contribution is 2.24. The van der Waals surface area contributed by atoms with E-state index in [1.807, 2.05) is 18.2 Å². The molecule has 74 valence electrons. The van der Waals surface area contributed by atoms with Crippen molar-refractivity contribution in [1.29, 1.82) is 0 Å². The number of hydrogen-bond donors (Lipinski definition) is 1. The predicted molar refractivity (Wildman–Crippen MR) is 55.5 cm³/mol. The Hall–Kier alpha value is -1.51. The van der Waals surface area contributed by atoms with Gasteiger partial charge in [-0.3, -0.25) is 4.98 Å². The van der Waals surface area contributed by atoms with Crippen LogP contribution in [0, 0.1) is 0 Å². The highest BCUT2D eigenvalue weighted by atomic mass is 16.4. The lowest BCUT2D eigenvalue weighted by molar-refractivity contribution is 0.555. The zero-order valence-electron chi connectivity index (χ0n) is 8.55. The lowest BCUT2D eigenvalue weighted by atomic mass is 9.87. The summed E-state index contributed by atoms with van der Waals surface area (Å²) >= 11 is 0. The maximum absolute atomic E-state index is 10.9. The first-order valence-electron chi connectivity index (χ1n) is 4.60. The molecule has 1 aromatic carbocycles. The van der Waals surface area contributed by atoms with Crippen molar-refractivity contribution in [3.63, 3.8) is 0 Å². The van der Waals surface area contributed by atoms with Crippen molar-refractivity contribution < 1.29 is 4.42 Å². The Morgan fingerprint density at radius 1 is 1.29 bits per heavy atom. The molecule has 0 aliphatic heterocycles. The number of oxazole rings is 1. The first-order chi connectivity index (χ1) is 6.47. The van der Waals surface area contributed by atoms with Crippen LogP contribution >= 0.6 is 0 Å². The summed E-state index contributed by atoms with van der Waals surface area (Å²) in [5.74, 6) is -0.397. The highest BCUT2D eigenvalue weighted by Gasteiger charge is 2.14. The first-order valence-corrected chi connectivity index (χ1v) is 4.60. The molecule has 3 heteroatoms. The molecule has 0 radical (unpaired) electrons. The average Bonchev–Trinajstić information content (AvgIpc) is 2.41. The van der Waals surface area contributed by atoms with Gasteiger partial charge in [0.2, 0.25) is 0 Å². The summed E-state index contributed by atoms with van der Waals surface area (Å²) in [6, 6.07) is 5.77. The van der Waals surface area contributed by atoms with E-state index >= 15 is 0 Å². The molecule has 0 atom stereocenters. The Morgan fingerprint density at radius 3 is 2.64 bits per heavy atom. The molecule has 0 saturated carbocycles. The molecule has 0 aliphatic rings. The standard InChI is InChI=1S/C11H13NO2/c1-11(2,3)7-4-5-9-8(6-7)12-10(13)14-9/h4-6H,1-3H3,(H,12,13). The topological polar surface area (TPSA) is 46.0 Å². The van der Waals surface area contributed by atoms with E-state index in [4.69, 9.17) is 4.42 Å². The molecular formula is C11H13NO2. The monoisotopic (exact) mass is 191 g/mol. The molecule has 14 heavy (non-hydrogen) atoms. The van der Waals surface area contributed by atoms with Gasteiger partial charge < -0.3 is 4.42 Å². The van der Waals surface area contributed by atoms with Crippen molar-refractivity contribution in [2.45, 2.75) is 26.2 Å². The quantitative estimate of drug-likeness (QED) is 0.695. The fourth-order valence-corrected chi connectivity index (χ4v) is 1.42. The normalized spacial score (nSPS) is 12.2. The van der Waals surface area contributed by atoms with Crippen LogP contribution in [0.15, 0.2) is 27.4 Å². The van der Waals surface area contributed by atoms with Crippen molar-refractivity contribution in [3.05, 3.63) is 34.3 Å². The molecule has 1 heterocycles. The van der Waals surface area contributed by atoms with Gasteiger partial charge in [-0.25, -0.2) is 4.79 Å². The Labute approximate surface area is 81.7 Å². The van der Waals surface area contributed by atoms with Gasteiger partial charge in [0.25, 0.3) is 0 Å². The fourth-order valence-electron chi connectivity index (χ4n) is 1.42. The van der Waals surface area contributed by atoms with E-state index in [2.05, 4.69) is 25.8 Å². The lowest BCUT2D eigenvalue weighted by Crippen LogP contribution is -2.10. The third-order valence-corrected chi connectivity index (χ3v) is 2.28. The average molecular weight is 191 g/mol. The summed E-state index contributed by atoms with van der Waals surface area (Å²) in [6.07, 6.45) is 0. The number of H-pyrrole nitrogens is 1. The largest absolute Gasteiger partial charge is 0.417 e. The second-order valence-electron chi connectivity index (χ2n) is 4.48. The third-order valence-electron chi connectivity index (χ3n) is 2.28. The summed E-state index contributed by atoms with van der Waals surface area (Å²) < 4.78 is 4.92. The fraction of sp³-hybridized carbons (Fsp3) is 0.364. The van der Waals surface area contributed by atoms with Crippen LogP contribution < -0.4 is 5.76 Å². The van der Waals surface area contributed by atoms with E-state index in [-0.39, 0.29) is 5.41 Å². The van der Waals surface area contributed by atoms with E-state index in [0.717, 1.165) is 5.52 Å². The molecule has 0 unspecified atom stereocenters. The Morgan fingerprint density at radius 2 is 2.00 bits per heavy atom. The maximum atomic E-state index is 10.9. The van der Waals surface area contributed by atoms with E-state index in [9.17, 15) is 4.79 Å². The van der Waals surface area contributed by atoms with Crippen LogP contribution in [0.4, 0.5) is 0 Å². The molecule has 0 saturated heterocycles. The summed E-state index contributed by atoms with van der Waals surface area (Å²) in [5, 5.41) is 0. The van der Waals surface area contributed by atoms with Crippen molar-refractivity contribution >= 4 is 11.1 Å². The minimum atomic E-state index is -0.397. The molecule has 0 aliphatic carbocycles. The van der Waals surface area contributed by atoms with Gasteiger partial charge in [-0.05, 0) is 23.1 Å². The van der Waals surface area contributed by atoms with E-state index in [0.29, 0.717) is 5.58 Å². The van der Waals surface area contributed by atoms with Crippen molar-refractivity contribution in [2.75, 3.05) is 0 Å². The minimum Gasteiger partial charge on any atom is -0.408 e. The molecule has 1 aromatic heterocycles. The molecule has 2 rings (SSSR count). The van der Waals surface area contributed by atoms with Gasteiger partial charge in [-0.2, -0.15) is 0 Å². The number of aromatic amines is 1. The van der Waals surface area contributed by atoms with Crippen LogP contribution in [-0.4, -0.2) is 4.98 Å². The maximum Gasteiger partial charge on any atom is 0.417 e. The SMILES string of the molecule is CC(C)(C)c1ccc2oc(=O)[nH]c2c1. The van der Waals surface area contributed by atoms with Crippen LogP contribution in [0.25, 0.3) is 11.1 Å². The Balaban J connectivity index is 2.67. The van der Waals surface area contributed by atoms with Gasteiger partial charge in [-0.1, -0.05) is 26.8 Å². The third kappa shape index (κ3) is 1.45. The van der Waals surface area contributed by atoms with Crippen molar-refractivity contribution in [3.8, 4) is 0 Å². The minimum absolute atomic E-state index is 0.0857. The van der Waals surface area contributed by atoms with Gasteiger partial charge in [0, 0.05) is 0 Å². The number of rotatable bonds is 0. The number of aromatic nitrogens is 1. The zero-order chi connectivity index (χ0) is 10.3. The molecule has 0 spiro atoms. The van der Waals surface area contributed by atoms with E-state index < -0.39 is 5.76 Å². The number of nitrogens with one attached hydrogen (secondary N) is 1. The van der Waals surface area contributed by atoms with Gasteiger partial charge in [0.05, 0.1) is 5.52 Å². The van der Waals surface area contributed by atoms with Gasteiger partial charge in [-0.15, -0.1) is 0 Å². The molecular weight excluding hydrogens is 178 g/mol. The second-order valence-corrected chi connectivity index (χ2v) is 4.48. The van der Waals surface area contributed by atoms with Gasteiger partial charge in [0.15, 0.2) is 5.58 Å². The van der Waals surface area contributed by atoms with Crippen LogP contribution in [0.3, 0.4) is 0 Å². The van der Waals surface area contributed by atoms with Crippen LogP contribution in [0.1, 0.15) is 26.3 Å². The molecule has 1 N–H and O–H groups in total. The van der Waals surface area contributed by atoms with Crippen molar-refractivity contribution in [1.82, 2.24) is 4.98 Å².